The van der Waals surface area contributed by atoms with E-state index in [0.717, 1.165) is 22.3 Å². The number of nitrogens with zero attached hydrogens (tertiary/aromatic N) is 1. The van der Waals surface area contributed by atoms with Crippen molar-refractivity contribution < 1.29 is 22.4 Å². The van der Waals surface area contributed by atoms with Crippen LogP contribution in [0.5, 0.6) is 0 Å². The quantitative estimate of drug-likeness (QED) is 0.604. The summed E-state index contributed by atoms with van der Waals surface area (Å²) in [6.45, 7) is 13.1. The monoisotopic (exact) mass is 470 g/mol. The zero-order valence-electron chi connectivity index (χ0n) is 20.0. The molecule has 176 valence electrons. The molecule has 0 unspecified atom stereocenters. The number of aryl methyl sites for hydroxylation is 5. The number of carbonyl (C=O) groups is 1. The topological polar surface area (TPSA) is 88.9 Å². The second-order valence-electron chi connectivity index (χ2n) is 8.86. The van der Waals surface area contributed by atoms with E-state index >= 15 is 0 Å². The minimum absolute atomic E-state index is 0.0704. The molecule has 8 heteroatoms. The first-order chi connectivity index (χ1) is 15.5. The van der Waals surface area contributed by atoms with Crippen LogP contribution in [0.1, 0.15) is 43.9 Å². The number of ether oxygens (including phenoxy) is 1. The van der Waals surface area contributed by atoms with E-state index in [9.17, 15) is 13.2 Å². The van der Waals surface area contributed by atoms with Crippen LogP contribution in [0.4, 0.5) is 5.69 Å². The van der Waals surface area contributed by atoms with Crippen LogP contribution in [-0.2, 0) is 14.8 Å². The molecule has 0 atom stereocenters. The number of fused-ring (bicyclic) bond motifs is 1. The van der Waals surface area contributed by atoms with Crippen LogP contribution in [-0.4, -0.2) is 45.5 Å². The Bertz CT molecular complexity index is 1340. The molecule has 0 bridgehead atoms. The average molecular weight is 471 g/mol. The molecule has 3 aromatic rings. The Morgan fingerprint density at radius 3 is 2.12 bits per heavy atom. The SMILES string of the molecule is Cc1cc(C)c(NS(=O)(=O)c2c(C)c(C)cc3c(C)c(C(=O)N4CCOCC4)oc23)c(C)c1. The third kappa shape index (κ3) is 4.13. The first-order valence-corrected chi connectivity index (χ1v) is 12.5. The van der Waals surface area contributed by atoms with E-state index < -0.39 is 10.0 Å². The van der Waals surface area contributed by atoms with Gasteiger partial charge in [0, 0.05) is 24.0 Å². The number of hydrogen-bond donors (Lipinski definition) is 1. The summed E-state index contributed by atoms with van der Waals surface area (Å²) in [6.07, 6.45) is 0. The van der Waals surface area contributed by atoms with Crippen molar-refractivity contribution in [1.29, 1.82) is 0 Å². The minimum atomic E-state index is -3.99. The molecule has 1 saturated heterocycles. The predicted octanol–water partition coefficient (Wildman–Crippen LogP) is 4.56. The van der Waals surface area contributed by atoms with Gasteiger partial charge in [-0.1, -0.05) is 17.7 Å². The van der Waals surface area contributed by atoms with Gasteiger partial charge in [-0.05, 0) is 69.9 Å². The van der Waals surface area contributed by atoms with Crippen molar-refractivity contribution in [1.82, 2.24) is 4.90 Å². The molecule has 4 rings (SSSR count). The molecule has 1 amide bonds. The van der Waals surface area contributed by atoms with Gasteiger partial charge in [-0.15, -0.1) is 0 Å². The fraction of sp³-hybridized carbons (Fsp3) is 0.400. The van der Waals surface area contributed by atoms with Gasteiger partial charge in [0.2, 0.25) is 0 Å². The highest BCUT2D eigenvalue weighted by atomic mass is 32.2. The third-order valence-corrected chi connectivity index (χ3v) is 7.87. The number of anilines is 1. The third-order valence-electron chi connectivity index (χ3n) is 6.37. The van der Waals surface area contributed by atoms with E-state index in [2.05, 4.69) is 4.72 Å². The van der Waals surface area contributed by atoms with E-state index in [1.54, 1.807) is 18.7 Å². The standard InChI is InChI=1S/C25H30N2O5S/c1-14-11-16(3)21(17(4)12-14)26-33(29,30)24-18(5)15(2)13-20-19(6)22(32-23(20)24)25(28)27-7-9-31-10-8-27/h11-13,26H,7-10H2,1-6H3. The lowest BCUT2D eigenvalue weighted by atomic mass is 10.0. The number of benzene rings is 2. The summed E-state index contributed by atoms with van der Waals surface area (Å²) < 4.78 is 41.5. The number of furan rings is 1. The normalized spacial score (nSPS) is 14.7. The van der Waals surface area contributed by atoms with Crippen LogP contribution in [0.25, 0.3) is 11.0 Å². The molecule has 2 aromatic carbocycles. The molecule has 1 N–H and O–H groups in total. The first-order valence-electron chi connectivity index (χ1n) is 11.0. The second kappa shape index (κ2) is 8.50. The summed E-state index contributed by atoms with van der Waals surface area (Å²) in [4.78, 5) is 14.9. The van der Waals surface area contributed by atoms with Crippen LogP contribution in [0.15, 0.2) is 27.5 Å². The van der Waals surface area contributed by atoms with Gasteiger partial charge in [0.25, 0.3) is 15.9 Å². The Kier molecular flexibility index (Phi) is 6.01. The van der Waals surface area contributed by atoms with Crippen molar-refractivity contribution in [2.45, 2.75) is 46.4 Å². The van der Waals surface area contributed by atoms with Gasteiger partial charge in [-0.2, -0.15) is 0 Å². The fourth-order valence-corrected chi connectivity index (χ4v) is 6.16. The summed E-state index contributed by atoms with van der Waals surface area (Å²) in [5, 5.41) is 0.632. The smallest absolute Gasteiger partial charge is 0.290 e. The number of carbonyl (C=O) groups excluding carboxylic acids is 1. The Hall–Kier alpha value is -2.84. The molecule has 0 aliphatic carbocycles. The molecule has 2 heterocycles. The largest absolute Gasteiger partial charge is 0.449 e. The number of sulfonamides is 1. The van der Waals surface area contributed by atoms with E-state index in [1.807, 2.05) is 45.9 Å². The maximum atomic E-state index is 13.7. The van der Waals surface area contributed by atoms with Gasteiger partial charge in [-0.25, -0.2) is 8.42 Å². The van der Waals surface area contributed by atoms with Gasteiger partial charge in [0.05, 0.1) is 18.9 Å². The average Bonchev–Trinajstić information content (AvgIpc) is 3.07. The van der Waals surface area contributed by atoms with Gasteiger partial charge >= 0.3 is 0 Å². The number of amides is 1. The van der Waals surface area contributed by atoms with E-state index in [1.165, 1.54) is 0 Å². The van der Waals surface area contributed by atoms with Gasteiger partial charge in [0.15, 0.2) is 11.3 Å². The summed E-state index contributed by atoms with van der Waals surface area (Å²) in [6, 6.07) is 5.78. The van der Waals surface area contributed by atoms with Crippen LogP contribution in [0.2, 0.25) is 0 Å². The number of rotatable bonds is 4. The minimum Gasteiger partial charge on any atom is -0.449 e. The van der Waals surface area contributed by atoms with Gasteiger partial charge < -0.3 is 14.1 Å². The summed E-state index contributed by atoms with van der Waals surface area (Å²) >= 11 is 0. The van der Waals surface area contributed by atoms with Crippen molar-refractivity contribution in [3.05, 3.63) is 57.3 Å². The van der Waals surface area contributed by atoms with Crippen LogP contribution in [0, 0.1) is 41.5 Å². The molecule has 0 radical (unpaired) electrons. The van der Waals surface area contributed by atoms with E-state index in [-0.39, 0.29) is 22.1 Å². The van der Waals surface area contributed by atoms with Crippen LogP contribution >= 0.6 is 0 Å². The molecule has 1 fully saturated rings. The fourth-order valence-electron chi connectivity index (χ4n) is 4.51. The highest BCUT2D eigenvalue weighted by Gasteiger charge is 2.30. The van der Waals surface area contributed by atoms with Crippen LogP contribution in [0.3, 0.4) is 0 Å². The molecule has 33 heavy (non-hydrogen) atoms. The van der Waals surface area contributed by atoms with E-state index in [4.69, 9.17) is 9.15 Å². The Morgan fingerprint density at radius 2 is 1.52 bits per heavy atom. The van der Waals surface area contributed by atoms with Gasteiger partial charge in [0.1, 0.15) is 4.90 Å². The molecule has 1 aliphatic heterocycles. The van der Waals surface area contributed by atoms with E-state index in [0.29, 0.717) is 48.5 Å². The maximum Gasteiger partial charge on any atom is 0.290 e. The number of hydrogen-bond acceptors (Lipinski definition) is 5. The highest BCUT2D eigenvalue weighted by molar-refractivity contribution is 7.93. The lowest BCUT2D eigenvalue weighted by molar-refractivity contribution is 0.0283. The summed E-state index contributed by atoms with van der Waals surface area (Å²) in [7, 11) is -3.99. The number of morpholine rings is 1. The first kappa shape index (κ1) is 23.3. The zero-order chi connectivity index (χ0) is 24.1. The van der Waals surface area contributed by atoms with Crippen molar-refractivity contribution in [3.8, 4) is 0 Å². The molecule has 7 nitrogen and oxygen atoms in total. The summed E-state index contributed by atoms with van der Waals surface area (Å²) in [5.41, 5.74) is 5.57. The van der Waals surface area contributed by atoms with Crippen molar-refractivity contribution in [2.24, 2.45) is 0 Å². The van der Waals surface area contributed by atoms with Crippen molar-refractivity contribution in [2.75, 3.05) is 31.0 Å². The lowest BCUT2D eigenvalue weighted by Gasteiger charge is -2.26. The van der Waals surface area contributed by atoms with Crippen molar-refractivity contribution in [3.63, 3.8) is 0 Å². The van der Waals surface area contributed by atoms with Crippen LogP contribution < -0.4 is 4.72 Å². The van der Waals surface area contributed by atoms with Crippen molar-refractivity contribution >= 4 is 32.6 Å². The molecule has 1 aromatic heterocycles. The molecule has 1 aliphatic rings. The molecular weight excluding hydrogens is 440 g/mol. The lowest BCUT2D eigenvalue weighted by Crippen LogP contribution is -2.40. The Morgan fingerprint density at radius 1 is 0.909 bits per heavy atom. The summed E-state index contributed by atoms with van der Waals surface area (Å²) in [5.74, 6) is -0.0696. The number of nitrogens with one attached hydrogen (secondary N) is 1. The maximum absolute atomic E-state index is 13.7. The Labute approximate surface area is 194 Å². The predicted molar refractivity (Wildman–Crippen MR) is 129 cm³/mol. The second-order valence-corrected chi connectivity index (χ2v) is 10.5. The zero-order valence-corrected chi connectivity index (χ0v) is 20.8. The molecule has 0 spiro atoms. The molecule has 0 saturated carbocycles. The Balaban J connectivity index is 1.87. The highest BCUT2D eigenvalue weighted by Crippen LogP contribution is 2.36. The van der Waals surface area contributed by atoms with Gasteiger partial charge in [-0.3, -0.25) is 9.52 Å². The molecular formula is C25H30N2O5S.